The summed E-state index contributed by atoms with van der Waals surface area (Å²) in [6.07, 6.45) is 5.20. The van der Waals surface area contributed by atoms with E-state index >= 15 is 0 Å². The number of rotatable bonds is 4. The van der Waals surface area contributed by atoms with Crippen LogP contribution in [0.15, 0.2) is 10.9 Å². The molecule has 2 amide bonds. The molecule has 1 aromatic rings. The molecule has 0 spiro atoms. The highest BCUT2D eigenvalue weighted by Gasteiger charge is 2.21. The minimum absolute atomic E-state index is 0.0147. The molecule has 22 heavy (non-hydrogen) atoms. The Morgan fingerprint density at radius 1 is 1.36 bits per heavy atom. The Morgan fingerprint density at radius 2 is 2.05 bits per heavy atom. The first-order valence-electron chi connectivity index (χ1n) is 7.44. The number of anilines is 1. The highest BCUT2D eigenvalue weighted by atomic mass is 16.2. The van der Waals surface area contributed by atoms with Gasteiger partial charge in [0.25, 0.3) is 11.5 Å². The van der Waals surface area contributed by atoms with Crippen LogP contribution in [0.5, 0.6) is 0 Å². The minimum Gasteiger partial charge on any atom is -0.348 e. The van der Waals surface area contributed by atoms with Crippen molar-refractivity contribution in [1.29, 1.82) is 0 Å². The highest BCUT2D eigenvalue weighted by molar-refractivity contribution is 6.03. The first kappa shape index (κ1) is 16.2. The van der Waals surface area contributed by atoms with Gasteiger partial charge >= 0.3 is 0 Å². The molecular formula is C14H21N5O3. The zero-order chi connectivity index (χ0) is 16.1. The van der Waals surface area contributed by atoms with Gasteiger partial charge in [0, 0.05) is 12.1 Å². The van der Waals surface area contributed by atoms with Gasteiger partial charge in [0.05, 0.1) is 11.7 Å². The van der Waals surface area contributed by atoms with Crippen molar-refractivity contribution in [3.63, 3.8) is 0 Å². The summed E-state index contributed by atoms with van der Waals surface area (Å²) in [6.45, 7) is 1.51. The number of carbonyl (C=O) groups excluding carboxylic acids is 2. The van der Waals surface area contributed by atoms with Crippen LogP contribution in [-0.4, -0.2) is 34.1 Å². The van der Waals surface area contributed by atoms with Gasteiger partial charge in [0.2, 0.25) is 5.91 Å². The maximum Gasteiger partial charge on any atom is 0.274 e. The fourth-order valence-corrected chi connectivity index (χ4v) is 2.42. The molecule has 0 bridgehead atoms. The van der Waals surface area contributed by atoms with E-state index in [1.807, 2.05) is 0 Å². The molecule has 5 N–H and O–H groups in total. The Balaban J connectivity index is 2.16. The summed E-state index contributed by atoms with van der Waals surface area (Å²) in [7, 11) is 0. The number of hydrogen-bond acceptors (Lipinski definition) is 5. The number of hydrogen-bond donors (Lipinski definition) is 4. The number of nitrogens with one attached hydrogen (secondary N) is 3. The third kappa shape index (κ3) is 4.14. The molecule has 1 saturated carbocycles. The maximum absolute atomic E-state index is 12.3. The van der Waals surface area contributed by atoms with Crippen molar-refractivity contribution in [2.24, 2.45) is 5.73 Å². The zero-order valence-corrected chi connectivity index (χ0v) is 12.5. The van der Waals surface area contributed by atoms with E-state index in [0.29, 0.717) is 0 Å². The van der Waals surface area contributed by atoms with Crippen LogP contribution in [0.25, 0.3) is 0 Å². The van der Waals surface area contributed by atoms with Crippen molar-refractivity contribution in [2.45, 2.75) is 51.1 Å². The Labute approximate surface area is 127 Å². The van der Waals surface area contributed by atoms with Gasteiger partial charge in [0.1, 0.15) is 0 Å². The van der Waals surface area contributed by atoms with Gasteiger partial charge in [-0.2, -0.15) is 5.10 Å². The van der Waals surface area contributed by atoms with Crippen LogP contribution in [0.4, 0.5) is 5.69 Å². The summed E-state index contributed by atoms with van der Waals surface area (Å²) in [6, 6.07) is 0.476. The van der Waals surface area contributed by atoms with Crippen LogP contribution >= 0.6 is 0 Å². The Hall–Kier alpha value is -2.22. The fourth-order valence-electron chi connectivity index (χ4n) is 2.42. The van der Waals surface area contributed by atoms with E-state index in [-0.39, 0.29) is 17.4 Å². The number of nitrogens with two attached hydrogens (primary N) is 1. The lowest BCUT2D eigenvalue weighted by atomic mass is 9.95. The Bertz CT molecular complexity index is 605. The lowest BCUT2D eigenvalue weighted by Gasteiger charge is -2.22. The van der Waals surface area contributed by atoms with Gasteiger partial charge < -0.3 is 16.4 Å². The second-order valence-corrected chi connectivity index (χ2v) is 5.58. The lowest BCUT2D eigenvalue weighted by molar-refractivity contribution is -0.117. The smallest absolute Gasteiger partial charge is 0.274 e. The van der Waals surface area contributed by atoms with Crippen LogP contribution in [-0.2, 0) is 4.79 Å². The quantitative estimate of drug-likeness (QED) is 0.627. The minimum atomic E-state index is -0.756. The molecule has 1 unspecified atom stereocenters. The van der Waals surface area contributed by atoms with Crippen molar-refractivity contribution < 1.29 is 9.59 Å². The number of carbonyl (C=O) groups is 2. The summed E-state index contributed by atoms with van der Waals surface area (Å²) >= 11 is 0. The third-order valence-electron chi connectivity index (χ3n) is 3.64. The molecular weight excluding hydrogens is 286 g/mol. The summed E-state index contributed by atoms with van der Waals surface area (Å²) in [5.41, 5.74) is 5.03. The number of aromatic nitrogens is 2. The topological polar surface area (TPSA) is 130 Å². The molecule has 8 nitrogen and oxygen atoms in total. The van der Waals surface area contributed by atoms with Gasteiger partial charge in [0.15, 0.2) is 5.69 Å². The SMILES string of the molecule is CC(N)C(=O)Nc1cc(=O)[nH]nc1C(=O)NC1CCCCC1. The van der Waals surface area contributed by atoms with E-state index in [4.69, 9.17) is 5.73 Å². The van der Waals surface area contributed by atoms with Crippen molar-refractivity contribution in [1.82, 2.24) is 15.5 Å². The molecule has 1 aliphatic carbocycles. The number of aromatic amines is 1. The highest BCUT2D eigenvalue weighted by Crippen LogP contribution is 2.18. The van der Waals surface area contributed by atoms with Crippen LogP contribution < -0.4 is 21.9 Å². The summed E-state index contributed by atoms with van der Waals surface area (Å²) < 4.78 is 0. The third-order valence-corrected chi connectivity index (χ3v) is 3.64. The molecule has 8 heteroatoms. The molecule has 1 aliphatic rings. The van der Waals surface area contributed by atoms with Gasteiger partial charge in [-0.1, -0.05) is 19.3 Å². The number of H-pyrrole nitrogens is 1. The molecule has 120 valence electrons. The zero-order valence-electron chi connectivity index (χ0n) is 12.5. The van der Waals surface area contributed by atoms with Crippen LogP contribution in [0.1, 0.15) is 49.5 Å². The Kier molecular flexibility index (Phi) is 5.26. The molecule has 1 atom stereocenters. The first-order chi connectivity index (χ1) is 10.5. The monoisotopic (exact) mass is 307 g/mol. The standard InChI is InChI=1S/C14H21N5O3/c1-8(15)13(21)17-10-7-11(20)18-19-12(10)14(22)16-9-5-3-2-4-6-9/h7-9H,2-6,15H2,1H3,(H,16,22)(H2,17,18,20,21). The predicted molar refractivity (Wildman–Crippen MR) is 81.5 cm³/mol. The van der Waals surface area contributed by atoms with E-state index in [1.165, 1.54) is 13.3 Å². The van der Waals surface area contributed by atoms with Crippen molar-refractivity contribution in [3.05, 3.63) is 22.1 Å². The van der Waals surface area contributed by atoms with Crippen molar-refractivity contribution >= 4 is 17.5 Å². The summed E-state index contributed by atoms with van der Waals surface area (Å²) in [4.78, 5) is 35.4. The summed E-state index contributed by atoms with van der Waals surface area (Å²) in [5.74, 6) is -0.901. The van der Waals surface area contributed by atoms with Gasteiger partial charge in [-0.25, -0.2) is 5.10 Å². The second kappa shape index (κ2) is 7.17. The largest absolute Gasteiger partial charge is 0.348 e. The molecule has 0 aromatic carbocycles. The molecule has 1 heterocycles. The van der Waals surface area contributed by atoms with Crippen LogP contribution in [0.2, 0.25) is 0 Å². The molecule has 0 saturated heterocycles. The van der Waals surface area contributed by atoms with E-state index < -0.39 is 23.4 Å². The van der Waals surface area contributed by atoms with Gasteiger partial charge in [-0.05, 0) is 19.8 Å². The molecule has 0 radical (unpaired) electrons. The second-order valence-electron chi connectivity index (χ2n) is 5.58. The van der Waals surface area contributed by atoms with E-state index in [2.05, 4.69) is 20.8 Å². The molecule has 0 aliphatic heterocycles. The number of amides is 2. The Morgan fingerprint density at radius 3 is 2.68 bits per heavy atom. The predicted octanol–water partition coefficient (Wildman–Crippen LogP) is 0.118. The van der Waals surface area contributed by atoms with Crippen molar-refractivity contribution in [3.8, 4) is 0 Å². The van der Waals surface area contributed by atoms with Gasteiger partial charge in [-0.15, -0.1) is 0 Å². The van der Waals surface area contributed by atoms with E-state index in [0.717, 1.165) is 31.7 Å². The molecule has 1 aromatic heterocycles. The fraction of sp³-hybridized carbons (Fsp3) is 0.571. The summed E-state index contributed by atoms with van der Waals surface area (Å²) in [5, 5.41) is 11.3. The molecule has 1 fully saturated rings. The van der Waals surface area contributed by atoms with Crippen molar-refractivity contribution in [2.75, 3.05) is 5.32 Å². The average molecular weight is 307 g/mol. The van der Waals surface area contributed by atoms with E-state index in [1.54, 1.807) is 0 Å². The number of nitrogens with zero attached hydrogens (tertiary/aromatic N) is 1. The lowest BCUT2D eigenvalue weighted by Crippen LogP contribution is -2.38. The molecule has 2 rings (SSSR count). The maximum atomic E-state index is 12.3. The van der Waals surface area contributed by atoms with Crippen LogP contribution in [0, 0.1) is 0 Å². The first-order valence-corrected chi connectivity index (χ1v) is 7.44. The van der Waals surface area contributed by atoms with E-state index in [9.17, 15) is 14.4 Å². The normalized spacial score (nSPS) is 16.8. The average Bonchev–Trinajstić information content (AvgIpc) is 2.48. The van der Waals surface area contributed by atoms with Gasteiger partial charge in [-0.3, -0.25) is 14.4 Å². The van der Waals surface area contributed by atoms with Crippen LogP contribution in [0.3, 0.4) is 0 Å².